The van der Waals surface area contributed by atoms with E-state index in [4.69, 9.17) is 16.3 Å². The Kier molecular flexibility index (Phi) is 5.91. The zero-order valence-electron chi connectivity index (χ0n) is 10.1. The van der Waals surface area contributed by atoms with E-state index in [0.717, 1.165) is 4.47 Å². The van der Waals surface area contributed by atoms with Crippen molar-refractivity contribution < 1.29 is 13.2 Å². The first-order chi connectivity index (χ1) is 8.30. The summed E-state index contributed by atoms with van der Waals surface area (Å²) in [6.07, 6.45) is 0.00894. The Hall–Kier alpha value is -0.300. The van der Waals surface area contributed by atoms with E-state index in [1.165, 1.54) is 0 Å². The van der Waals surface area contributed by atoms with Gasteiger partial charge < -0.3 is 4.74 Å². The van der Waals surface area contributed by atoms with Gasteiger partial charge in [-0.3, -0.25) is 4.72 Å². The lowest BCUT2D eigenvalue weighted by Gasteiger charge is -2.11. The van der Waals surface area contributed by atoms with Crippen molar-refractivity contribution in [2.24, 2.45) is 0 Å². The highest BCUT2D eigenvalue weighted by Crippen LogP contribution is 2.26. The van der Waals surface area contributed by atoms with Crippen molar-refractivity contribution >= 4 is 43.2 Å². The van der Waals surface area contributed by atoms with Gasteiger partial charge in [0.25, 0.3) is 0 Å². The van der Waals surface area contributed by atoms with Gasteiger partial charge in [0.05, 0.1) is 29.2 Å². The number of nitrogens with one attached hydrogen (secondary N) is 1. The fourth-order valence-corrected chi connectivity index (χ4v) is 2.69. The Labute approximate surface area is 121 Å². The van der Waals surface area contributed by atoms with Crippen LogP contribution in [-0.2, 0) is 14.8 Å². The van der Waals surface area contributed by atoms with Gasteiger partial charge in [0.1, 0.15) is 0 Å². The van der Waals surface area contributed by atoms with Gasteiger partial charge in [-0.2, -0.15) is 0 Å². The smallest absolute Gasteiger partial charge is 0.235 e. The second-order valence-corrected chi connectivity index (χ2v) is 7.13. The summed E-state index contributed by atoms with van der Waals surface area (Å²) >= 11 is 9.17. The third-order valence-electron chi connectivity index (χ3n) is 2.00. The summed E-state index contributed by atoms with van der Waals surface area (Å²) in [5, 5.41) is 0.353. The Morgan fingerprint density at radius 3 is 2.72 bits per heavy atom. The average molecular weight is 357 g/mol. The van der Waals surface area contributed by atoms with E-state index in [2.05, 4.69) is 20.7 Å². The highest BCUT2D eigenvalue weighted by atomic mass is 79.9. The highest BCUT2D eigenvalue weighted by molar-refractivity contribution is 9.10. The van der Waals surface area contributed by atoms with E-state index < -0.39 is 10.0 Å². The van der Waals surface area contributed by atoms with Gasteiger partial charge in [0.2, 0.25) is 10.0 Å². The minimum atomic E-state index is -3.45. The Balaban J connectivity index is 2.67. The molecular weight excluding hydrogens is 342 g/mol. The molecule has 1 N–H and O–H groups in total. The molecule has 0 saturated heterocycles. The number of ether oxygens (including phenoxy) is 1. The summed E-state index contributed by atoms with van der Waals surface area (Å²) in [4.78, 5) is 0. The van der Waals surface area contributed by atoms with Gasteiger partial charge in [-0.25, -0.2) is 8.42 Å². The van der Waals surface area contributed by atoms with E-state index >= 15 is 0 Å². The first-order valence-corrected chi connectivity index (χ1v) is 8.19. The summed E-state index contributed by atoms with van der Waals surface area (Å²) in [6.45, 7) is 3.86. The van der Waals surface area contributed by atoms with Crippen molar-refractivity contribution in [1.82, 2.24) is 0 Å². The normalized spacial score (nSPS) is 11.8. The topological polar surface area (TPSA) is 55.4 Å². The summed E-state index contributed by atoms with van der Waals surface area (Å²) in [5.41, 5.74) is 0.357. The number of halogens is 2. The molecule has 0 aliphatic heterocycles. The van der Waals surface area contributed by atoms with Crippen molar-refractivity contribution in [1.29, 1.82) is 0 Å². The summed E-state index contributed by atoms with van der Waals surface area (Å²) in [5.74, 6) is -0.103. The van der Waals surface area contributed by atoms with Gasteiger partial charge in [-0.15, -0.1) is 0 Å². The number of anilines is 1. The lowest BCUT2D eigenvalue weighted by atomic mass is 10.3. The Morgan fingerprint density at radius 1 is 1.44 bits per heavy atom. The van der Waals surface area contributed by atoms with Crippen LogP contribution in [0, 0.1) is 0 Å². The van der Waals surface area contributed by atoms with E-state index in [-0.39, 0.29) is 18.5 Å². The summed E-state index contributed by atoms with van der Waals surface area (Å²) in [7, 11) is -3.45. The largest absolute Gasteiger partial charge is 0.378 e. The first kappa shape index (κ1) is 15.8. The number of rotatable bonds is 6. The third kappa shape index (κ3) is 5.56. The lowest BCUT2D eigenvalue weighted by molar-refractivity contribution is 0.0913. The van der Waals surface area contributed by atoms with Crippen molar-refractivity contribution in [3.05, 3.63) is 27.7 Å². The molecule has 0 amide bonds. The number of benzene rings is 1. The van der Waals surface area contributed by atoms with Crippen molar-refractivity contribution in [3.63, 3.8) is 0 Å². The minimum Gasteiger partial charge on any atom is -0.378 e. The molecule has 0 radical (unpaired) electrons. The molecule has 0 unspecified atom stereocenters. The monoisotopic (exact) mass is 355 g/mol. The van der Waals surface area contributed by atoms with Crippen LogP contribution < -0.4 is 4.72 Å². The Bertz CT molecular complexity index is 505. The lowest BCUT2D eigenvalue weighted by Crippen LogP contribution is -2.21. The van der Waals surface area contributed by atoms with Gasteiger partial charge in [-0.1, -0.05) is 27.5 Å². The van der Waals surface area contributed by atoms with Gasteiger partial charge >= 0.3 is 0 Å². The van der Waals surface area contributed by atoms with E-state index in [1.807, 2.05) is 13.8 Å². The van der Waals surface area contributed by atoms with Crippen molar-refractivity contribution in [3.8, 4) is 0 Å². The zero-order chi connectivity index (χ0) is 13.8. The maximum Gasteiger partial charge on any atom is 0.235 e. The molecule has 102 valence electrons. The maximum atomic E-state index is 11.8. The van der Waals surface area contributed by atoms with Crippen LogP contribution in [0.15, 0.2) is 22.7 Å². The summed E-state index contributed by atoms with van der Waals surface area (Å²) < 4.78 is 32.0. The minimum absolute atomic E-state index is 0.00894. The molecular formula is C11H15BrClNO3S. The van der Waals surface area contributed by atoms with E-state index in [0.29, 0.717) is 10.7 Å². The predicted octanol–water partition coefficient (Wildman–Crippen LogP) is 3.27. The predicted molar refractivity (Wildman–Crippen MR) is 77.6 cm³/mol. The van der Waals surface area contributed by atoms with Crippen LogP contribution in [0.4, 0.5) is 5.69 Å². The number of hydrogen-bond acceptors (Lipinski definition) is 3. The molecule has 4 nitrogen and oxygen atoms in total. The molecule has 0 aliphatic carbocycles. The number of hydrogen-bond donors (Lipinski definition) is 1. The van der Waals surface area contributed by atoms with Crippen LogP contribution in [0.25, 0.3) is 0 Å². The standard InChI is InChI=1S/C11H15BrClNO3S/c1-8(2)17-5-6-18(15,16)14-11-7-9(12)3-4-10(11)13/h3-4,7-8,14H,5-6H2,1-2H3. The molecule has 0 fully saturated rings. The van der Waals surface area contributed by atoms with Crippen molar-refractivity contribution in [2.75, 3.05) is 17.1 Å². The van der Waals surface area contributed by atoms with Gasteiger partial charge in [-0.05, 0) is 32.0 Å². The second kappa shape index (κ2) is 6.75. The molecule has 0 aromatic heterocycles. The van der Waals surface area contributed by atoms with Crippen LogP contribution in [-0.4, -0.2) is 26.9 Å². The molecule has 0 aliphatic rings. The van der Waals surface area contributed by atoms with Crippen LogP contribution in [0.2, 0.25) is 5.02 Å². The third-order valence-corrected chi connectivity index (χ3v) is 4.05. The molecule has 7 heteroatoms. The molecule has 1 rings (SSSR count). The molecule has 0 bridgehead atoms. The molecule has 0 heterocycles. The van der Waals surface area contributed by atoms with Gasteiger partial charge in [0, 0.05) is 4.47 Å². The Morgan fingerprint density at radius 2 is 2.11 bits per heavy atom. The van der Waals surface area contributed by atoms with Crippen LogP contribution in [0.5, 0.6) is 0 Å². The number of sulfonamides is 1. The average Bonchev–Trinajstić information content (AvgIpc) is 2.22. The zero-order valence-corrected chi connectivity index (χ0v) is 13.3. The van der Waals surface area contributed by atoms with Crippen LogP contribution in [0.1, 0.15) is 13.8 Å². The fraction of sp³-hybridized carbons (Fsp3) is 0.455. The highest BCUT2D eigenvalue weighted by Gasteiger charge is 2.13. The molecule has 1 aromatic carbocycles. The van der Waals surface area contributed by atoms with Crippen LogP contribution >= 0.6 is 27.5 Å². The molecule has 18 heavy (non-hydrogen) atoms. The molecule has 0 saturated carbocycles. The van der Waals surface area contributed by atoms with Crippen LogP contribution in [0.3, 0.4) is 0 Å². The summed E-state index contributed by atoms with van der Waals surface area (Å²) in [6, 6.07) is 4.97. The molecule has 0 spiro atoms. The second-order valence-electron chi connectivity index (χ2n) is 3.96. The quantitative estimate of drug-likeness (QED) is 0.851. The van der Waals surface area contributed by atoms with Crippen molar-refractivity contribution in [2.45, 2.75) is 20.0 Å². The van der Waals surface area contributed by atoms with E-state index in [9.17, 15) is 8.42 Å². The fourth-order valence-electron chi connectivity index (χ4n) is 1.19. The maximum absolute atomic E-state index is 11.8. The molecule has 0 atom stereocenters. The molecule has 1 aromatic rings. The van der Waals surface area contributed by atoms with E-state index in [1.54, 1.807) is 18.2 Å². The SMILES string of the molecule is CC(C)OCCS(=O)(=O)Nc1cc(Br)ccc1Cl. The van der Waals surface area contributed by atoms with Gasteiger partial charge in [0.15, 0.2) is 0 Å². The first-order valence-electron chi connectivity index (χ1n) is 5.37.